The van der Waals surface area contributed by atoms with Gasteiger partial charge < -0.3 is 10.1 Å². The highest BCUT2D eigenvalue weighted by atomic mass is 16.5. The first-order chi connectivity index (χ1) is 13.5. The van der Waals surface area contributed by atoms with Crippen LogP contribution in [0.3, 0.4) is 0 Å². The van der Waals surface area contributed by atoms with Crippen molar-refractivity contribution in [1.82, 2.24) is 20.7 Å². The highest BCUT2D eigenvalue weighted by Gasteiger charge is 2.30. The van der Waals surface area contributed by atoms with Gasteiger partial charge in [0, 0.05) is 31.5 Å². The van der Waals surface area contributed by atoms with Crippen molar-refractivity contribution in [3.8, 4) is 11.3 Å². The molecule has 145 valence electrons. The molecule has 9 nitrogen and oxygen atoms in total. The summed E-state index contributed by atoms with van der Waals surface area (Å²) in [5.41, 5.74) is 9.34. The Kier molecular flexibility index (Phi) is 4.91. The number of aryl methyl sites for hydroxylation is 1. The summed E-state index contributed by atoms with van der Waals surface area (Å²) in [6.07, 6.45) is 4.99. The largest absolute Gasteiger partial charge is 0.381 e. The van der Waals surface area contributed by atoms with E-state index in [0.717, 1.165) is 31.6 Å². The lowest BCUT2D eigenvalue weighted by molar-refractivity contribution is -0.117. The zero-order chi connectivity index (χ0) is 19.7. The maximum absolute atomic E-state index is 12.6. The highest BCUT2D eigenvalue weighted by Crippen LogP contribution is 2.31. The van der Waals surface area contributed by atoms with Crippen molar-refractivity contribution in [2.75, 3.05) is 36.5 Å². The van der Waals surface area contributed by atoms with Crippen LogP contribution in [0, 0.1) is 12.8 Å². The second-order valence-electron chi connectivity index (χ2n) is 7.05. The lowest BCUT2D eigenvalue weighted by Crippen LogP contribution is -2.44. The summed E-state index contributed by atoms with van der Waals surface area (Å²) < 4.78 is 5.41. The molecule has 0 aliphatic carbocycles. The number of fused-ring (bicyclic) bond motifs is 1. The van der Waals surface area contributed by atoms with Crippen molar-refractivity contribution < 1.29 is 14.3 Å². The van der Waals surface area contributed by atoms with Gasteiger partial charge in [-0.25, -0.2) is 9.97 Å². The van der Waals surface area contributed by atoms with Crippen LogP contribution in [0.2, 0.25) is 0 Å². The van der Waals surface area contributed by atoms with Gasteiger partial charge in [-0.1, -0.05) is 0 Å². The number of nitrogens with zero attached hydrogens (tertiary/aromatic N) is 4. The summed E-state index contributed by atoms with van der Waals surface area (Å²) in [7, 11) is 0. The lowest BCUT2D eigenvalue weighted by atomic mass is 9.99. The SMILES string of the molecule is Cc1cc(C([NH])=O)ncc1-c1cnc2c(n1)N(CC1CCOCC1)C(=O)CN2. The first-order valence-electron chi connectivity index (χ1n) is 9.25. The number of hydrogen-bond acceptors (Lipinski definition) is 7. The zero-order valence-electron chi connectivity index (χ0n) is 15.6. The highest BCUT2D eigenvalue weighted by molar-refractivity contribution is 6.01. The normalized spacial score (nSPS) is 17.2. The number of anilines is 2. The van der Waals surface area contributed by atoms with Crippen LogP contribution in [0.5, 0.6) is 0 Å². The van der Waals surface area contributed by atoms with E-state index in [1.807, 2.05) is 6.92 Å². The summed E-state index contributed by atoms with van der Waals surface area (Å²) in [5.74, 6) is 0.609. The number of nitrogens with one attached hydrogen (secondary N) is 2. The fourth-order valence-electron chi connectivity index (χ4n) is 3.52. The Morgan fingerprint density at radius 1 is 1.32 bits per heavy atom. The van der Waals surface area contributed by atoms with Gasteiger partial charge in [0.25, 0.3) is 5.91 Å². The third kappa shape index (κ3) is 3.53. The van der Waals surface area contributed by atoms with Gasteiger partial charge in [0.1, 0.15) is 5.69 Å². The second kappa shape index (κ2) is 7.51. The van der Waals surface area contributed by atoms with E-state index in [1.54, 1.807) is 17.2 Å². The van der Waals surface area contributed by atoms with Crippen molar-refractivity contribution in [3.05, 3.63) is 29.7 Å². The average molecular weight is 381 g/mol. The third-order valence-electron chi connectivity index (χ3n) is 5.12. The fourth-order valence-corrected chi connectivity index (χ4v) is 3.52. The minimum Gasteiger partial charge on any atom is -0.381 e. The first-order valence-corrected chi connectivity index (χ1v) is 9.25. The monoisotopic (exact) mass is 381 g/mol. The van der Waals surface area contributed by atoms with Crippen molar-refractivity contribution in [3.63, 3.8) is 0 Å². The zero-order valence-corrected chi connectivity index (χ0v) is 15.6. The van der Waals surface area contributed by atoms with Gasteiger partial charge in [-0.3, -0.25) is 25.2 Å². The molecule has 1 fully saturated rings. The summed E-state index contributed by atoms with van der Waals surface area (Å²) in [4.78, 5) is 38.7. The van der Waals surface area contributed by atoms with Crippen molar-refractivity contribution >= 4 is 23.5 Å². The van der Waals surface area contributed by atoms with Gasteiger partial charge in [0.2, 0.25) is 5.91 Å². The molecule has 4 rings (SSSR count). The van der Waals surface area contributed by atoms with E-state index in [9.17, 15) is 9.59 Å². The van der Waals surface area contributed by atoms with Gasteiger partial charge in [-0.2, -0.15) is 0 Å². The number of aromatic nitrogens is 3. The van der Waals surface area contributed by atoms with Crippen LogP contribution in [-0.4, -0.2) is 53.1 Å². The molecule has 1 radical (unpaired) electrons. The molecule has 2 aliphatic heterocycles. The predicted octanol–water partition coefficient (Wildman–Crippen LogP) is 1.46. The van der Waals surface area contributed by atoms with E-state index >= 15 is 0 Å². The van der Waals surface area contributed by atoms with Crippen LogP contribution in [0.1, 0.15) is 28.9 Å². The minimum atomic E-state index is -0.830. The average Bonchev–Trinajstić information content (AvgIpc) is 2.70. The fraction of sp³-hybridized carbons (Fsp3) is 0.421. The molecule has 2 aliphatic rings. The Morgan fingerprint density at radius 3 is 2.82 bits per heavy atom. The predicted molar refractivity (Wildman–Crippen MR) is 102 cm³/mol. The molecule has 2 aromatic rings. The maximum atomic E-state index is 12.6. The molecular weight excluding hydrogens is 360 g/mol. The molecule has 28 heavy (non-hydrogen) atoms. The second-order valence-corrected chi connectivity index (χ2v) is 7.05. The standard InChI is InChI=1S/C19H21N6O3/c1-11-6-14(17(20)27)21-7-13(11)15-8-22-18-19(24-15)25(16(26)9-23-18)10-12-2-4-28-5-3-12/h6-8,12,20H,2-5,9-10H2,1H3,(H,22,23). The number of ether oxygens (including phenoxy) is 1. The smallest absolute Gasteiger partial charge is 0.288 e. The van der Waals surface area contributed by atoms with Gasteiger partial charge >= 0.3 is 0 Å². The molecule has 0 saturated carbocycles. The minimum absolute atomic E-state index is 0.0320. The maximum Gasteiger partial charge on any atom is 0.288 e. The van der Waals surface area contributed by atoms with E-state index in [2.05, 4.69) is 15.3 Å². The molecule has 0 atom stereocenters. The molecule has 4 heterocycles. The van der Waals surface area contributed by atoms with Crippen LogP contribution in [0.15, 0.2) is 18.5 Å². The molecule has 1 saturated heterocycles. The first kappa shape index (κ1) is 18.3. The summed E-state index contributed by atoms with van der Waals surface area (Å²) in [6.45, 7) is 4.06. The quantitative estimate of drug-likeness (QED) is 0.851. The van der Waals surface area contributed by atoms with E-state index in [-0.39, 0.29) is 18.1 Å². The van der Waals surface area contributed by atoms with E-state index < -0.39 is 5.91 Å². The Bertz CT molecular complexity index is 926. The van der Waals surface area contributed by atoms with Gasteiger partial charge in [0.05, 0.1) is 18.4 Å². The van der Waals surface area contributed by atoms with Crippen LogP contribution < -0.4 is 16.0 Å². The molecule has 2 N–H and O–H groups in total. The molecule has 0 bridgehead atoms. The lowest BCUT2D eigenvalue weighted by Gasteiger charge is -2.33. The number of hydrogen-bond donors (Lipinski definition) is 1. The number of pyridine rings is 1. The van der Waals surface area contributed by atoms with E-state index in [1.165, 1.54) is 6.20 Å². The van der Waals surface area contributed by atoms with Crippen molar-refractivity contribution in [2.45, 2.75) is 19.8 Å². The van der Waals surface area contributed by atoms with Gasteiger partial charge in [-0.15, -0.1) is 0 Å². The van der Waals surface area contributed by atoms with E-state index in [0.29, 0.717) is 35.4 Å². The van der Waals surface area contributed by atoms with Crippen LogP contribution in [-0.2, 0) is 9.53 Å². The Morgan fingerprint density at radius 2 is 2.11 bits per heavy atom. The Labute approximate surface area is 162 Å². The third-order valence-corrected chi connectivity index (χ3v) is 5.12. The molecular formula is C19H21N6O3. The summed E-state index contributed by atoms with van der Waals surface area (Å²) >= 11 is 0. The molecule has 2 aromatic heterocycles. The van der Waals surface area contributed by atoms with Gasteiger partial charge in [-0.05, 0) is 37.3 Å². The van der Waals surface area contributed by atoms with E-state index in [4.69, 9.17) is 15.5 Å². The molecule has 0 unspecified atom stereocenters. The number of rotatable bonds is 4. The summed E-state index contributed by atoms with van der Waals surface area (Å²) in [5, 5.41) is 3.02. The number of carbonyl (C=O) groups excluding carboxylic acids is 2. The molecule has 0 spiro atoms. The molecule has 9 heteroatoms. The number of carbonyl (C=O) groups is 2. The van der Waals surface area contributed by atoms with Crippen molar-refractivity contribution in [1.29, 1.82) is 0 Å². The Balaban J connectivity index is 1.67. The Hall–Kier alpha value is -3.07. The molecule has 2 amide bonds. The van der Waals surface area contributed by atoms with Gasteiger partial charge in [0.15, 0.2) is 11.6 Å². The number of amides is 2. The molecule has 0 aromatic carbocycles. The van der Waals surface area contributed by atoms with Crippen LogP contribution >= 0.6 is 0 Å². The van der Waals surface area contributed by atoms with Crippen LogP contribution in [0.25, 0.3) is 11.3 Å². The summed E-state index contributed by atoms with van der Waals surface area (Å²) in [6, 6.07) is 1.56. The van der Waals surface area contributed by atoms with Crippen LogP contribution in [0.4, 0.5) is 11.6 Å². The topological polar surface area (TPSA) is 121 Å². The van der Waals surface area contributed by atoms with Crippen molar-refractivity contribution in [2.24, 2.45) is 5.92 Å².